The van der Waals surface area contributed by atoms with Gasteiger partial charge in [-0.15, -0.1) is 0 Å². The van der Waals surface area contributed by atoms with Gasteiger partial charge < -0.3 is 14.6 Å². The molecule has 2 unspecified atom stereocenters. The van der Waals surface area contributed by atoms with Crippen LogP contribution in [0.2, 0.25) is 0 Å². The first-order valence-corrected chi connectivity index (χ1v) is 5.52. The summed E-state index contributed by atoms with van der Waals surface area (Å²) in [6.07, 6.45) is -5.22. The molecule has 0 aliphatic carbocycles. The van der Waals surface area contributed by atoms with Gasteiger partial charge in [-0.3, -0.25) is 0 Å². The molecule has 0 aromatic rings. The minimum absolute atomic E-state index is 0.533. The summed E-state index contributed by atoms with van der Waals surface area (Å²) in [7, 11) is 0. The second-order valence-electron chi connectivity index (χ2n) is 4.67. The van der Waals surface area contributed by atoms with Crippen molar-refractivity contribution in [3.8, 4) is 0 Å². The molecule has 1 aliphatic rings. The van der Waals surface area contributed by atoms with Crippen LogP contribution in [0.5, 0.6) is 0 Å². The van der Waals surface area contributed by atoms with Crippen molar-refractivity contribution < 1.29 is 41.3 Å². The Morgan fingerprint density at radius 1 is 1.45 bits per heavy atom. The number of esters is 1. The van der Waals surface area contributed by atoms with Crippen molar-refractivity contribution in [3.05, 3.63) is 12.7 Å². The summed E-state index contributed by atoms with van der Waals surface area (Å²) in [5.41, 5.74) is -2.94. The zero-order chi connectivity index (χ0) is 16.0. The molecule has 0 radical (unpaired) electrons. The maximum Gasteiger partial charge on any atom is 0.449 e. The van der Waals surface area contributed by atoms with Gasteiger partial charge in [-0.1, -0.05) is 20.4 Å². The van der Waals surface area contributed by atoms with Crippen LogP contribution in [0.15, 0.2) is 12.7 Å². The van der Waals surface area contributed by atoms with E-state index in [1.165, 1.54) is 0 Å². The lowest BCUT2D eigenvalue weighted by molar-refractivity contribution is -0.411. The smallest absolute Gasteiger partial charge is 0.446 e. The van der Waals surface area contributed by atoms with E-state index in [1.807, 2.05) is 0 Å². The predicted molar refractivity (Wildman–Crippen MR) is 55.8 cm³/mol. The summed E-state index contributed by atoms with van der Waals surface area (Å²) in [5.74, 6) is -12.2. The molecule has 2 atom stereocenters. The van der Waals surface area contributed by atoms with Crippen molar-refractivity contribution in [2.45, 2.75) is 37.3 Å². The lowest BCUT2D eigenvalue weighted by Gasteiger charge is -2.39. The van der Waals surface area contributed by atoms with Crippen LogP contribution in [0.3, 0.4) is 0 Å². The zero-order valence-corrected chi connectivity index (χ0v) is 10.6. The van der Waals surface area contributed by atoms with Gasteiger partial charge >= 0.3 is 23.9 Å². The second kappa shape index (κ2) is 4.66. The van der Waals surface area contributed by atoms with E-state index in [1.54, 1.807) is 0 Å². The quantitative estimate of drug-likeness (QED) is 0.492. The number of ether oxygens (including phenoxy) is 2. The summed E-state index contributed by atoms with van der Waals surface area (Å²) in [5, 5.41) is 9.21. The SMILES string of the molecule is C=CC(=O)OC1(C(C)C)COC(O)(C(F)(F)F)C1(F)F. The van der Waals surface area contributed by atoms with Gasteiger partial charge in [-0.05, 0) is 0 Å². The molecule has 0 bridgehead atoms. The molecule has 9 heteroatoms. The maximum absolute atomic E-state index is 14.1. The predicted octanol–water partition coefficient (Wildman–Crippen LogP) is 2.03. The largest absolute Gasteiger partial charge is 0.449 e. The number of carbonyl (C=O) groups excluding carboxylic acids is 1. The monoisotopic (exact) mass is 304 g/mol. The minimum Gasteiger partial charge on any atom is -0.446 e. The van der Waals surface area contributed by atoms with E-state index in [0.717, 1.165) is 13.8 Å². The highest BCUT2D eigenvalue weighted by Gasteiger charge is 2.84. The first-order chi connectivity index (χ1) is 8.85. The van der Waals surface area contributed by atoms with E-state index >= 15 is 0 Å². The molecule has 1 fully saturated rings. The van der Waals surface area contributed by atoms with Gasteiger partial charge in [0.05, 0.1) is 6.61 Å². The van der Waals surface area contributed by atoms with Crippen LogP contribution in [0.1, 0.15) is 13.8 Å². The van der Waals surface area contributed by atoms with E-state index in [2.05, 4.69) is 16.1 Å². The van der Waals surface area contributed by atoms with Gasteiger partial charge in [0.2, 0.25) is 5.60 Å². The highest BCUT2D eigenvalue weighted by atomic mass is 19.4. The fourth-order valence-electron chi connectivity index (χ4n) is 1.90. The fraction of sp³-hybridized carbons (Fsp3) is 0.727. The van der Waals surface area contributed by atoms with Crippen molar-refractivity contribution >= 4 is 5.97 Å². The summed E-state index contributed by atoms with van der Waals surface area (Å²) >= 11 is 0. The first-order valence-electron chi connectivity index (χ1n) is 5.52. The van der Waals surface area contributed by atoms with Gasteiger partial charge in [0.1, 0.15) is 0 Å². The van der Waals surface area contributed by atoms with E-state index < -0.39 is 42.0 Å². The molecule has 1 N–H and O–H groups in total. The Kier molecular flexibility index (Phi) is 3.92. The van der Waals surface area contributed by atoms with E-state index in [4.69, 9.17) is 0 Å². The lowest BCUT2D eigenvalue weighted by Crippen LogP contribution is -2.65. The normalized spacial score (nSPS) is 33.2. The van der Waals surface area contributed by atoms with Gasteiger partial charge in [-0.2, -0.15) is 22.0 Å². The molecule has 0 spiro atoms. The van der Waals surface area contributed by atoms with Crippen molar-refractivity contribution in [3.63, 3.8) is 0 Å². The molecule has 0 saturated carbocycles. The molecule has 0 aromatic carbocycles. The second-order valence-corrected chi connectivity index (χ2v) is 4.67. The molecule has 0 aromatic heterocycles. The van der Waals surface area contributed by atoms with Crippen LogP contribution in [-0.2, 0) is 14.3 Å². The fourth-order valence-corrected chi connectivity index (χ4v) is 1.90. The van der Waals surface area contributed by atoms with Gasteiger partial charge in [-0.25, -0.2) is 4.79 Å². The van der Waals surface area contributed by atoms with Crippen molar-refractivity contribution in [2.24, 2.45) is 5.92 Å². The highest BCUT2D eigenvalue weighted by molar-refractivity contribution is 5.81. The Balaban J connectivity index is 3.37. The molecule has 4 nitrogen and oxygen atoms in total. The average Bonchev–Trinajstić information content (AvgIpc) is 2.50. The van der Waals surface area contributed by atoms with Crippen LogP contribution in [0.25, 0.3) is 0 Å². The number of alkyl halides is 5. The topological polar surface area (TPSA) is 55.8 Å². The molecule has 116 valence electrons. The van der Waals surface area contributed by atoms with E-state index in [9.17, 15) is 31.9 Å². The van der Waals surface area contributed by atoms with Crippen LogP contribution in [0, 0.1) is 5.92 Å². The number of aliphatic hydroxyl groups is 1. The average molecular weight is 304 g/mol. The summed E-state index contributed by atoms with van der Waals surface area (Å²) < 4.78 is 74.6. The Morgan fingerprint density at radius 3 is 2.25 bits per heavy atom. The van der Waals surface area contributed by atoms with Crippen molar-refractivity contribution in [2.75, 3.05) is 6.61 Å². The number of carbonyl (C=O) groups is 1. The Labute approximate surface area is 111 Å². The third-order valence-electron chi connectivity index (χ3n) is 3.22. The number of halogens is 5. The number of hydrogen-bond donors (Lipinski definition) is 1. The van der Waals surface area contributed by atoms with Crippen LogP contribution in [-0.4, -0.2) is 41.2 Å². The molecule has 1 saturated heterocycles. The number of rotatable bonds is 3. The van der Waals surface area contributed by atoms with Crippen LogP contribution in [0.4, 0.5) is 22.0 Å². The molecule has 1 rings (SSSR count). The molecule has 20 heavy (non-hydrogen) atoms. The van der Waals surface area contributed by atoms with E-state index in [-0.39, 0.29) is 0 Å². The van der Waals surface area contributed by atoms with E-state index in [0.29, 0.717) is 6.08 Å². The molecule has 1 aliphatic heterocycles. The third-order valence-corrected chi connectivity index (χ3v) is 3.22. The lowest BCUT2D eigenvalue weighted by atomic mass is 9.82. The van der Waals surface area contributed by atoms with Gasteiger partial charge in [0.25, 0.3) is 0 Å². The van der Waals surface area contributed by atoms with Gasteiger partial charge in [0, 0.05) is 12.0 Å². The van der Waals surface area contributed by atoms with Crippen molar-refractivity contribution in [1.29, 1.82) is 0 Å². The molecule has 1 heterocycles. The standard InChI is InChI=1S/C11H13F5O4/c1-4-7(17)20-8(6(2)3)5-19-10(18,9(8,12)13)11(14,15)16/h4,6,18H,1,5H2,2-3H3. The Bertz CT molecular complexity index is 420. The van der Waals surface area contributed by atoms with Crippen LogP contribution >= 0.6 is 0 Å². The minimum atomic E-state index is -5.76. The molecule has 0 amide bonds. The van der Waals surface area contributed by atoms with Crippen molar-refractivity contribution in [1.82, 2.24) is 0 Å². The maximum atomic E-state index is 14.1. The zero-order valence-electron chi connectivity index (χ0n) is 10.6. The molecular formula is C11H13F5O4. The summed E-state index contributed by atoms with van der Waals surface area (Å²) in [6, 6.07) is 0. The first kappa shape index (κ1) is 16.8. The molecular weight excluding hydrogens is 291 g/mol. The Morgan fingerprint density at radius 2 is 1.95 bits per heavy atom. The Hall–Kier alpha value is -1.22. The highest BCUT2D eigenvalue weighted by Crippen LogP contribution is 2.56. The third kappa shape index (κ3) is 1.99. The number of hydrogen-bond acceptors (Lipinski definition) is 4. The van der Waals surface area contributed by atoms with Gasteiger partial charge in [0.15, 0.2) is 0 Å². The summed E-state index contributed by atoms with van der Waals surface area (Å²) in [6.45, 7) is 3.92. The van der Waals surface area contributed by atoms with Crippen LogP contribution < -0.4 is 0 Å². The summed E-state index contributed by atoms with van der Waals surface area (Å²) in [4.78, 5) is 11.1.